The average molecular weight is 369 g/mol. The average Bonchev–Trinajstić information content (AvgIpc) is 3.20. The summed E-state index contributed by atoms with van der Waals surface area (Å²) in [4.78, 5) is 14.2. The fraction of sp³-hybridized carbons (Fsp3) is 0.409. The monoisotopic (exact) mass is 369 g/mol. The zero-order valence-corrected chi connectivity index (χ0v) is 16.0. The van der Waals surface area contributed by atoms with Crippen LogP contribution in [0.15, 0.2) is 48.5 Å². The lowest BCUT2D eigenvalue weighted by atomic mass is 10.2. The van der Waals surface area contributed by atoms with E-state index in [1.54, 1.807) is 24.1 Å². The zero-order chi connectivity index (χ0) is 19.1. The van der Waals surface area contributed by atoms with Crippen molar-refractivity contribution in [3.8, 4) is 11.5 Å². The van der Waals surface area contributed by atoms with E-state index in [0.29, 0.717) is 25.3 Å². The molecule has 0 bridgehead atoms. The lowest BCUT2D eigenvalue weighted by Crippen LogP contribution is -2.30. The number of hydrogen-bond donors (Lipinski definition) is 0. The molecule has 1 aliphatic rings. The molecule has 0 radical (unpaired) electrons. The molecule has 0 spiro atoms. The van der Waals surface area contributed by atoms with Crippen LogP contribution in [0, 0.1) is 6.92 Å². The number of rotatable bonds is 8. The summed E-state index contributed by atoms with van der Waals surface area (Å²) in [5, 5.41) is 0. The lowest BCUT2D eigenvalue weighted by molar-refractivity contribution is 0.0679. The SMILES string of the molecule is Cc1cccc(OCCN(C)C(=O)c2ccc(OCC3CCCO3)cc2)c1. The largest absolute Gasteiger partial charge is 0.492 e. The smallest absolute Gasteiger partial charge is 0.253 e. The van der Waals surface area contributed by atoms with E-state index in [4.69, 9.17) is 14.2 Å². The maximum atomic E-state index is 12.5. The summed E-state index contributed by atoms with van der Waals surface area (Å²) in [5.74, 6) is 1.55. The highest BCUT2D eigenvalue weighted by Crippen LogP contribution is 2.17. The van der Waals surface area contributed by atoms with Crippen molar-refractivity contribution in [2.75, 3.05) is 33.4 Å². The highest BCUT2D eigenvalue weighted by molar-refractivity contribution is 5.94. The molecule has 0 aromatic heterocycles. The molecule has 1 unspecified atom stereocenters. The standard InChI is InChI=1S/C22H27NO4/c1-17-5-3-6-20(15-17)26-14-12-23(2)22(24)18-8-10-19(11-9-18)27-16-21-7-4-13-25-21/h3,5-6,8-11,15,21H,4,7,12-14,16H2,1-2H3. The molecule has 0 aliphatic carbocycles. The van der Waals surface area contributed by atoms with Gasteiger partial charge in [0.25, 0.3) is 5.91 Å². The van der Waals surface area contributed by atoms with Gasteiger partial charge in [-0.1, -0.05) is 12.1 Å². The summed E-state index contributed by atoms with van der Waals surface area (Å²) in [6.07, 6.45) is 2.33. The quantitative estimate of drug-likeness (QED) is 0.712. The third kappa shape index (κ3) is 5.73. The molecule has 1 saturated heterocycles. The number of carbonyl (C=O) groups excluding carboxylic acids is 1. The van der Waals surface area contributed by atoms with Crippen LogP contribution >= 0.6 is 0 Å². The second-order valence-electron chi connectivity index (χ2n) is 6.86. The molecule has 3 rings (SSSR count). The zero-order valence-electron chi connectivity index (χ0n) is 16.0. The van der Waals surface area contributed by atoms with Crippen LogP contribution in [0.1, 0.15) is 28.8 Å². The van der Waals surface area contributed by atoms with E-state index in [1.807, 2.05) is 43.3 Å². The van der Waals surface area contributed by atoms with Gasteiger partial charge in [-0.05, 0) is 61.7 Å². The Bertz CT molecular complexity index is 738. The Kier molecular flexibility index (Phi) is 6.71. The van der Waals surface area contributed by atoms with Crippen LogP contribution in [0.2, 0.25) is 0 Å². The Morgan fingerprint density at radius 3 is 2.67 bits per heavy atom. The van der Waals surface area contributed by atoms with E-state index in [2.05, 4.69) is 0 Å². The Labute approximate surface area is 160 Å². The van der Waals surface area contributed by atoms with Crippen LogP contribution in [0.5, 0.6) is 11.5 Å². The first-order chi connectivity index (χ1) is 13.1. The maximum Gasteiger partial charge on any atom is 0.253 e. The van der Waals surface area contributed by atoms with E-state index in [1.165, 1.54) is 0 Å². The van der Waals surface area contributed by atoms with Crippen LogP contribution in [0.4, 0.5) is 0 Å². The molecule has 0 N–H and O–H groups in total. The van der Waals surface area contributed by atoms with Crippen molar-refractivity contribution >= 4 is 5.91 Å². The van der Waals surface area contributed by atoms with Gasteiger partial charge in [-0.2, -0.15) is 0 Å². The minimum absolute atomic E-state index is 0.0338. The van der Waals surface area contributed by atoms with Crippen LogP contribution in [-0.2, 0) is 4.74 Å². The maximum absolute atomic E-state index is 12.5. The summed E-state index contributed by atoms with van der Waals surface area (Å²) < 4.78 is 17.0. The van der Waals surface area contributed by atoms with E-state index in [9.17, 15) is 4.79 Å². The van der Waals surface area contributed by atoms with Crippen LogP contribution in [0.3, 0.4) is 0 Å². The first-order valence-corrected chi connectivity index (χ1v) is 9.41. The van der Waals surface area contributed by atoms with Gasteiger partial charge >= 0.3 is 0 Å². The first-order valence-electron chi connectivity index (χ1n) is 9.41. The molecule has 2 aromatic carbocycles. The number of amides is 1. The number of aryl methyl sites for hydroxylation is 1. The molecular weight excluding hydrogens is 342 g/mol. The predicted octanol–water partition coefficient (Wildman–Crippen LogP) is 3.70. The summed E-state index contributed by atoms with van der Waals surface area (Å²) in [6.45, 7) is 4.37. The number of hydrogen-bond acceptors (Lipinski definition) is 4. The van der Waals surface area contributed by atoms with Gasteiger partial charge < -0.3 is 19.1 Å². The Balaban J connectivity index is 1.44. The summed E-state index contributed by atoms with van der Waals surface area (Å²) in [6, 6.07) is 15.1. The number of likely N-dealkylation sites (N-methyl/N-ethyl adjacent to an activating group) is 1. The van der Waals surface area contributed by atoms with Crippen molar-refractivity contribution in [1.82, 2.24) is 4.90 Å². The molecule has 27 heavy (non-hydrogen) atoms. The minimum atomic E-state index is -0.0338. The topological polar surface area (TPSA) is 48.0 Å². The van der Waals surface area contributed by atoms with Gasteiger partial charge in [-0.3, -0.25) is 4.79 Å². The second kappa shape index (κ2) is 9.42. The number of nitrogens with zero attached hydrogens (tertiary/aromatic N) is 1. The van der Waals surface area contributed by atoms with Crippen molar-refractivity contribution < 1.29 is 19.0 Å². The van der Waals surface area contributed by atoms with Crippen molar-refractivity contribution in [2.24, 2.45) is 0 Å². The van der Waals surface area contributed by atoms with Gasteiger partial charge in [0.1, 0.15) is 24.7 Å². The summed E-state index contributed by atoms with van der Waals surface area (Å²) >= 11 is 0. The molecule has 1 amide bonds. The van der Waals surface area contributed by atoms with Crippen LogP contribution in [-0.4, -0.2) is 50.3 Å². The molecule has 1 heterocycles. The summed E-state index contributed by atoms with van der Waals surface area (Å²) in [7, 11) is 1.78. The van der Waals surface area contributed by atoms with Gasteiger partial charge in [-0.15, -0.1) is 0 Å². The second-order valence-corrected chi connectivity index (χ2v) is 6.86. The predicted molar refractivity (Wildman–Crippen MR) is 105 cm³/mol. The summed E-state index contributed by atoms with van der Waals surface area (Å²) in [5.41, 5.74) is 1.79. The van der Waals surface area contributed by atoms with Gasteiger partial charge in [-0.25, -0.2) is 0 Å². The molecular formula is C22H27NO4. The molecule has 2 aromatic rings. The van der Waals surface area contributed by atoms with Gasteiger partial charge in [0.15, 0.2) is 0 Å². The first kappa shape index (κ1) is 19.2. The third-order valence-corrected chi connectivity index (χ3v) is 4.59. The molecule has 5 heteroatoms. The minimum Gasteiger partial charge on any atom is -0.492 e. The molecule has 0 saturated carbocycles. The van der Waals surface area contributed by atoms with E-state index in [0.717, 1.165) is 36.5 Å². The third-order valence-electron chi connectivity index (χ3n) is 4.59. The van der Waals surface area contributed by atoms with Crippen molar-refractivity contribution in [2.45, 2.75) is 25.9 Å². The van der Waals surface area contributed by atoms with E-state index >= 15 is 0 Å². The normalized spacial score (nSPS) is 16.1. The van der Waals surface area contributed by atoms with Crippen molar-refractivity contribution in [3.05, 3.63) is 59.7 Å². The lowest BCUT2D eigenvalue weighted by Gasteiger charge is -2.18. The molecule has 1 atom stereocenters. The molecule has 144 valence electrons. The van der Waals surface area contributed by atoms with Gasteiger partial charge in [0.05, 0.1) is 12.6 Å². The van der Waals surface area contributed by atoms with Crippen molar-refractivity contribution in [1.29, 1.82) is 0 Å². The van der Waals surface area contributed by atoms with E-state index < -0.39 is 0 Å². The van der Waals surface area contributed by atoms with Crippen LogP contribution < -0.4 is 9.47 Å². The van der Waals surface area contributed by atoms with E-state index in [-0.39, 0.29) is 12.0 Å². The van der Waals surface area contributed by atoms with Crippen molar-refractivity contribution in [3.63, 3.8) is 0 Å². The highest BCUT2D eigenvalue weighted by Gasteiger charge is 2.16. The fourth-order valence-electron chi connectivity index (χ4n) is 2.99. The fourth-order valence-corrected chi connectivity index (χ4v) is 2.99. The molecule has 1 fully saturated rings. The Hall–Kier alpha value is -2.53. The number of ether oxygens (including phenoxy) is 3. The van der Waals surface area contributed by atoms with Gasteiger partial charge in [0, 0.05) is 19.2 Å². The Morgan fingerprint density at radius 1 is 1.15 bits per heavy atom. The number of benzene rings is 2. The molecule has 1 aliphatic heterocycles. The highest BCUT2D eigenvalue weighted by atomic mass is 16.5. The van der Waals surface area contributed by atoms with Crippen LogP contribution in [0.25, 0.3) is 0 Å². The number of carbonyl (C=O) groups is 1. The molecule has 5 nitrogen and oxygen atoms in total. The van der Waals surface area contributed by atoms with Gasteiger partial charge in [0.2, 0.25) is 0 Å². The Morgan fingerprint density at radius 2 is 1.96 bits per heavy atom.